The minimum atomic E-state index is -1.43. The van der Waals surface area contributed by atoms with E-state index in [2.05, 4.69) is 10.2 Å². The van der Waals surface area contributed by atoms with Gasteiger partial charge < -0.3 is 5.73 Å². The highest BCUT2D eigenvalue weighted by Gasteiger charge is 2.20. The summed E-state index contributed by atoms with van der Waals surface area (Å²) in [6, 6.07) is 0.663. The number of aromatic nitrogens is 2. The molecule has 0 aliphatic rings. The van der Waals surface area contributed by atoms with Crippen LogP contribution in [-0.4, -0.2) is 10.2 Å². The molecule has 0 aliphatic carbocycles. The Bertz CT molecular complexity index is 558. The lowest BCUT2D eigenvalue weighted by molar-refractivity contribution is 0.496. The molecule has 2 N–H and O–H groups in total. The molecule has 8 heteroatoms. The molecule has 2 aromatic rings. The van der Waals surface area contributed by atoms with Crippen LogP contribution >= 0.6 is 22.9 Å². The first-order valence-electron chi connectivity index (χ1n) is 3.93. The standard InChI is InChI=1S/C8H3ClF3N3S/c9-4-5(11)2(1-3(10)6(4)12)7-14-15-8(13)16-7/h1H,(H2,13,15). The first kappa shape index (κ1) is 11.2. The normalized spacial score (nSPS) is 10.8. The van der Waals surface area contributed by atoms with E-state index in [1.54, 1.807) is 0 Å². The molecule has 0 amide bonds. The Hall–Kier alpha value is -1.34. The largest absolute Gasteiger partial charge is 0.374 e. The maximum absolute atomic E-state index is 13.5. The van der Waals surface area contributed by atoms with Crippen LogP contribution in [0, 0.1) is 17.5 Å². The van der Waals surface area contributed by atoms with Gasteiger partial charge in [-0.3, -0.25) is 0 Å². The van der Waals surface area contributed by atoms with Gasteiger partial charge in [0.2, 0.25) is 5.13 Å². The number of nitrogens with two attached hydrogens (primary N) is 1. The summed E-state index contributed by atoms with van der Waals surface area (Å²) in [4.78, 5) is 0. The zero-order valence-electron chi connectivity index (χ0n) is 7.47. The van der Waals surface area contributed by atoms with E-state index in [1.807, 2.05) is 0 Å². The number of anilines is 1. The van der Waals surface area contributed by atoms with Crippen LogP contribution in [0.1, 0.15) is 0 Å². The lowest BCUT2D eigenvalue weighted by Gasteiger charge is -2.02. The van der Waals surface area contributed by atoms with Crippen LogP contribution in [0.5, 0.6) is 0 Å². The fourth-order valence-corrected chi connectivity index (χ4v) is 1.88. The summed E-state index contributed by atoms with van der Waals surface area (Å²) in [6.07, 6.45) is 0. The number of halogens is 4. The SMILES string of the molecule is Nc1nnc(-c2cc(F)c(F)c(Cl)c2F)s1. The van der Waals surface area contributed by atoms with E-state index < -0.39 is 22.5 Å². The predicted molar refractivity (Wildman–Crippen MR) is 54.6 cm³/mol. The molecule has 1 aromatic carbocycles. The van der Waals surface area contributed by atoms with Crippen molar-refractivity contribution < 1.29 is 13.2 Å². The van der Waals surface area contributed by atoms with Crippen molar-refractivity contribution in [3.8, 4) is 10.6 Å². The van der Waals surface area contributed by atoms with Gasteiger partial charge >= 0.3 is 0 Å². The van der Waals surface area contributed by atoms with Gasteiger partial charge in [-0.2, -0.15) is 0 Å². The van der Waals surface area contributed by atoms with Gasteiger partial charge in [-0.1, -0.05) is 22.9 Å². The molecule has 0 atom stereocenters. The molecule has 0 unspecified atom stereocenters. The van der Waals surface area contributed by atoms with Crippen molar-refractivity contribution in [1.82, 2.24) is 10.2 Å². The summed E-state index contributed by atoms with van der Waals surface area (Å²) >= 11 is 6.13. The first-order valence-corrected chi connectivity index (χ1v) is 5.12. The highest BCUT2D eigenvalue weighted by Crippen LogP contribution is 2.33. The van der Waals surface area contributed by atoms with E-state index >= 15 is 0 Å². The van der Waals surface area contributed by atoms with Gasteiger partial charge in [-0.05, 0) is 6.07 Å². The Kier molecular flexibility index (Phi) is 2.73. The molecule has 0 saturated heterocycles. The van der Waals surface area contributed by atoms with E-state index in [9.17, 15) is 13.2 Å². The molecule has 3 nitrogen and oxygen atoms in total. The summed E-state index contributed by atoms with van der Waals surface area (Å²) in [5.74, 6) is -3.77. The Balaban J connectivity index is 2.66. The van der Waals surface area contributed by atoms with Gasteiger partial charge in [0.15, 0.2) is 22.5 Å². The van der Waals surface area contributed by atoms with Crippen LogP contribution in [0.3, 0.4) is 0 Å². The predicted octanol–water partition coefficient (Wildman–Crippen LogP) is 2.86. The van der Waals surface area contributed by atoms with E-state index in [4.69, 9.17) is 17.3 Å². The zero-order valence-corrected chi connectivity index (χ0v) is 9.04. The summed E-state index contributed by atoms with van der Waals surface area (Å²) in [6.45, 7) is 0. The van der Waals surface area contributed by atoms with Gasteiger partial charge in [0.1, 0.15) is 5.02 Å². The number of nitrogens with zero attached hydrogens (tertiary/aromatic N) is 2. The first-order chi connectivity index (χ1) is 7.50. The summed E-state index contributed by atoms with van der Waals surface area (Å²) < 4.78 is 39.4. The molecule has 0 bridgehead atoms. The number of hydrogen-bond donors (Lipinski definition) is 1. The quantitative estimate of drug-likeness (QED) is 0.637. The molecular formula is C8H3ClF3N3S. The minimum Gasteiger partial charge on any atom is -0.374 e. The van der Waals surface area contributed by atoms with Gasteiger partial charge in [-0.25, -0.2) is 13.2 Å². The third-order valence-corrected chi connectivity index (χ3v) is 2.89. The lowest BCUT2D eigenvalue weighted by atomic mass is 10.2. The smallest absolute Gasteiger partial charge is 0.203 e. The van der Waals surface area contributed by atoms with Crippen molar-refractivity contribution in [2.45, 2.75) is 0 Å². The summed E-state index contributed by atoms with van der Waals surface area (Å²) in [7, 11) is 0. The number of hydrogen-bond acceptors (Lipinski definition) is 4. The van der Waals surface area contributed by atoms with E-state index in [0.717, 1.165) is 11.3 Å². The lowest BCUT2D eigenvalue weighted by Crippen LogP contribution is -1.94. The summed E-state index contributed by atoms with van der Waals surface area (Å²) in [5.41, 5.74) is 5.03. The second-order valence-electron chi connectivity index (χ2n) is 2.79. The molecule has 1 aromatic heterocycles. The van der Waals surface area contributed by atoms with Gasteiger partial charge in [0.05, 0.1) is 5.56 Å². The Morgan fingerprint density at radius 2 is 1.88 bits per heavy atom. The maximum atomic E-state index is 13.5. The molecule has 0 radical (unpaired) electrons. The molecule has 84 valence electrons. The van der Waals surface area contributed by atoms with E-state index in [1.165, 1.54) is 0 Å². The van der Waals surface area contributed by atoms with Gasteiger partial charge in [0.25, 0.3) is 0 Å². The minimum absolute atomic E-state index is 0.0378. The van der Waals surface area contributed by atoms with Gasteiger partial charge in [-0.15, -0.1) is 10.2 Å². The third-order valence-electron chi connectivity index (χ3n) is 1.77. The highest BCUT2D eigenvalue weighted by molar-refractivity contribution is 7.18. The molecule has 2 rings (SSSR count). The zero-order chi connectivity index (χ0) is 11.9. The van der Waals surface area contributed by atoms with Crippen molar-refractivity contribution >= 4 is 28.1 Å². The molecule has 0 fully saturated rings. The Morgan fingerprint density at radius 3 is 2.44 bits per heavy atom. The Labute approximate surface area is 96.7 Å². The van der Waals surface area contributed by atoms with Crippen LogP contribution < -0.4 is 5.73 Å². The highest BCUT2D eigenvalue weighted by atomic mass is 35.5. The van der Waals surface area contributed by atoms with Crippen molar-refractivity contribution in [3.63, 3.8) is 0 Å². The molecule has 0 aliphatic heterocycles. The third kappa shape index (κ3) is 1.72. The van der Waals surface area contributed by atoms with Crippen LogP contribution in [0.15, 0.2) is 6.07 Å². The number of rotatable bonds is 1. The van der Waals surface area contributed by atoms with Crippen molar-refractivity contribution in [2.24, 2.45) is 0 Å². The van der Waals surface area contributed by atoms with Crippen LogP contribution in [0.4, 0.5) is 18.3 Å². The molecule has 0 spiro atoms. The topological polar surface area (TPSA) is 51.8 Å². The summed E-state index contributed by atoms with van der Waals surface area (Å²) in [5, 5.41) is 6.17. The average molecular weight is 266 g/mol. The van der Waals surface area contributed by atoms with Crippen LogP contribution in [-0.2, 0) is 0 Å². The second kappa shape index (κ2) is 3.91. The molecule has 16 heavy (non-hydrogen) atoms. The maximum Gasteiger partial charge on any atom is 0.203 e. The Morgan fingerprint density at radius 1 is 1.19 bits per heavy atom. The number of benzene rings is 1. The number of nitrogen functional groups attached to an aromatic ring is 1. The van der Waals surface area contributed by atoms with Crippen molar-refractivity contribution in [1.29, 1.82) is 0 Å². The van der Waals surface area contributed by atoms with Crippen LogP contribution in [0.25, 0.3) is 10.6 Å². The second-order valence-corrected chi connectivity index (χ2v) is 4.18. The molecule has 1 heterocycles. The van der Waals surface area contributed by atoms with E-state index in [-0.39, 0.29) is 15.7 Å². The van der Waals surface area contributed by atoms with E-state index in [0.29, 0.717) is 6.07 Å². The fraction of sp³-hybridized carbons (Fsp3) is 0. The van der Waals surface area contributed by atoms with Crippen molar-refractivity contribution in [3.05, 3.63) is 28.5 Å². The monoisotopic (exact) mass is 265 g/mol. The van der Waals surface area contributed by atoms with Crippen molar-refractivity contribution in [2.75, 3.05) is 5.73 Å². The average Bonchev–Trinajstić information content (AvgIpc) is 2.67. The molecule has 0 saturated carbocycles. The fourth-order valence-electron chi connectivity index (χ4n) is 1.07. The van der Waals surface area contributed by atoms with Crippen LogP contribution in [0.2, 0.25) is 5.02 Å². The molecular weight excluding hydrogens is 263 g/mol. The van der Waals surface area contributed by atoms with Gasteiger partial charge in [0, 0.05) is 0 Å².